The van der Waals surface area contributed by atoms with Crippen LogP contribution in [0.25, 0.3) is 0 Å². The van der Waals surface area contributed by atoms with Gasteiger partial charge in [0, 0.05) is 12.0 Å². The largest absolute Gasteiger partial charge is 0.397 e. The number of carbonyl (C=O) groups excluding carboxylic acids is 1. The number of nitrogens with zero attached hydrogens (tertiary/aromatic N) is 1. The van der Waals surface area contributed by atoms with E-state index < -0.39 is 0 Å². The van der Waals surface area contributed by atoms with Crippen molar-refractivity contribution in [1.29, 1.82) is 0 Å². The van der Waals surface area contributed by atoms with Crippen LogP contribution in [0.5, 0.6) is 0 Å². The minimum atomic E-state index is -0.308. The third-order valence-corrected chi connectivity index (χ3v) is 4.02. The van der Waals surface area contributed by atoms with E-state index in [4.69, 9.17) is 5.73 Å². The molecule has 2 rings (SSSR count). The van der Waals surface area contributed by atoms with Crippen LogP contribution in [0.4, 0.5) is 11.4 Å². The van der Waals surface area contributed by atoms with E-state index in [1.807, 2.05) is 25.1 Å². The van der Waals surface area contributed by atoms with Gasteiger partial charge in [-0.1, -0.05) is 31.9 Å². The van der Waals surface area contributed by atoms with Crippen molar-refractivity contribution in [3.8, 4) is 0 Å². The van der Waals surface area contributed by atoms with Gasteiger partial charge in [-0.25, -0.2) is 0 Å². The second-order valence-electron chi connectivity index (χ2n) is 5.51. The summed E-state index contributed by atoms with van der Waals surface area (Å²) >= 11 is 0. The molecule has 1 amide bonds. The van der Waals surface area contributed by atoms with E-state index in [1.165, 1.54) is 0 Å². The van der Waals surface area contributed by atoms with E-state index in [-0.39, 0.29) is 17.9 Å². The molecule has 0 heterocycles. The molecule has 0 bridgehead atoms. The average molecular weight is 262 g/mol. The molecule has 4 nitrogen and oxygen atoms in total. The maximum atomic E-state index is 12.8. The summed E-state index contributed by atoms with van der Waals surface area (Å²) in [6.45, 7) is 2.25. The van der Waals surface area contributed by atoms with Crippen LogP contribution in [0, 0.1) is 5.41 Å². The number of aliphatic hydroxyl groups is 1. The molecule has 0 unspecified atom stereocenters. The highest BCUT2D eigenvalue weighted by atomic mass is 16.3. The minimum absolute atomic E-state index is 0.0594. The van der Waals surface area contributed by atoms with Crippen molar-refractivity contribution in [3.05, 3.63) is 24.3 Å². The predicted molar refractivity (Wildman–Crippen MR) is 76.9 cm³/mol. The topological polar surface area (TPSA) is 66.6 Å². The predicted octanol–water partition coefficient (Wildman–Crippen LogP) is 2.17. The summed E-state index contributed by atoms with van der Waals surface area (Å²) in [6, 6.07) is 7.32. The van der Waals surface area contributed by atoms with E-state index in [0.29, 0.717) is 17.9 Å². The van der Waals surface area contributed by atoms with Gasteiger partial charge >= 0.3 is 0 Å². The van der Waals surface area contributed by atoms with Gasteiger partial charge in [-0.05, 0) is 25.0 Å². The summed E-state index contributed by atoms with van der Waals surface area (Å²) in [4.78, 5) is 14.4. The highest BCUT2D eigenvalue weighted by Crippen LogP contribution is 2.40. The molecule has 1 fully saturated rings. The SMILES string of the molecule is CC1(C(=O)N(CCO)c2ccccc2N)CCCC1. The summed E-state index contributed by atoms with van der Waals surface area (Å²) in [5, 5.41) is 9.23. The molecule has 104 valence electrons. The lowest BCUT2D eigenvalue weighted by Crippen LogP contribution is -2.43. The standard InChI is InChI=1S/C15H22N2O2/c1-15(8-4-5-9-15)14(19)17(10-11-18)13-7-3-2-6-12(13)16/h2-3,6-7,18H,4-5,8-11,16H2,1H3. The number of hydrogen-bond acceptors (Lipinski definition) is 3. The molecule has 3 N–H and O–H groups in total. The zero-order chi connectivity index (χ0) is 13.9. The Hall–Kier alpha value is -1.55. The van der Waals surface area contributed by atoms with Gasteiger partial charge in [0.1, 0.15) is 0 Å². The van der Waals surface area contributed by atoms with E-state index in [9.17, 15) is 9.90 Å². The molecule has 0 aliphatic heterocycles. The number of carbonyl (C=O) groups is 1. The van der Waals surface area contributed by atoms with Gasteiger partial charge in [-0.3, -0.25) is 4.79 Å². The van der Waals surface area contributed by atoms with Gasteiger partial charge in [-0.15, -0.1) is 0 Å². The highest BCUT2D eigenvalue weighted by Gasteiger charge is 2.39. The Balaban J connectivity index is 2.30. The van der Waals surface area contributed by atoms with E-state index in [0.717, 1.165) is 25.7 Å². The summed E-state index contributed by atoms with van der Waals surface area (Å²) < 4.78 is 0. The molecular formula is C15H22N2O2. The van der Waals surface area contributed by atoms with Crippen LogP contribution >= 0.6 is 0 Å². The van der Waals surface area contributed by atoms with Crippen molar-refractivity contribution >= 4 is 17.3 Å². The number of rotatable bonds is 4. The van der Waals surface area contributed by atoms with E-state index in [2.05, 4.69) is 0 Å². The number of nitrogens with two attached hydrogens (primary N) is 1. The van der Waals surface area contributed by atoms with Gasteiger partial charge in [0.05, 0.1) is 18.0 Å². The molecule has 4 heteroatoms. The zero-order valence-corrected chi connectivity index (χ0v) is 11.4. The Morgan fingerprint density at radius 2 is 2.00 bits per heavy atom. The summed E-state index contributed by atoms with van der Waals surface area (Å²) in [5.74, 6) is 0.0805. The van der Waals surface area contributed by atoms with Crippen LogP contribution in [0.3, 0.4) is 0 Å². The van der Waals surface area contributed by atoms with Crippen LogP contribution in [0.15, 0.2) is 24.3 Å². The van der Waals surface area contributed by atoms with Crippen molar-refractivity contribution in [2.45, 2.75) is 32.6 Å². The zero-order valence-electron chi connectivity index (χ0n) is 11.4. The fraction of sp³-hybridized carbons (Fsp3) is 0.533. The maximum absolute atomic E-state index is 12.8. The number of nitrogen functional groups attached to an aromatic ring is 1. The lowest BCUT2D eigenvalue weighted by molar-refractivity contribution is -0.127. The van der Waals surface area contributed by atoms with Crippen LogP contribution in [-0.4, -0.2) is 24.2 Å². The number of aliphatic hydroxyl groups excluding tert-OH is 1. The Kier molecular flexibility index (Phi) is 4.10. The van der Waals surface area contributed by atoms with Crippen molar-refractivity contribution in [1.82, 2.24) is 0 Å². The third-order valence-electron chi connectivity index (χ3n) is 4.02. The number of para-hydroxylation sites is 2. The van der Waals surface area contributed by atoms with Gasteiger partial charge in [0.2, 0.25) is 5.91 Å². The van der Waals surface area contributed by atoms with Crippen molar-refractivity contribution in [3.63, 3.8) is 0 Å². The smallest absolute Gasteiger partial charge is 0.233 e. The maximum Gasteiger partial charge on any atom is 0.233 e. The average Bonchev–Trinajstić information content (AvgIpc) is 2.84. The number of hydrogen-bond donors (Lipinski definition) is 2. The van der Waals surface area contributed by atoms with Gasteiger partial charge in [0.15, 0.2) is 0 Å². The molecule has 0 atom stereocenters. The van der Waals surface area contributed by atoms with Crippen molar-refractivity contribution in [2.75, 3.05) is 23.8 Å². The molecule has 0 aromatic heterocycles. The summed E-state index contributed by atoms with van der Waals surface area (Å²) in [7, 11) is 0. The van der Waals surface area contributed by atoms with Crippen molar-refractivity contribution in [2.24, 2.45) is 5.41 Å². The second-order valence-corrected chi connectivity index (χ2v) is 5.51. The van der Waals surface area contributed by atoms with Crippen LogP contribution in [-0.2, 0) is 4.79 Å². The second kappa shape index (κ2) is 5.61. The molecule has 1 saturated carbocycles. The first-order valence-electron chi connectivity index (χ1n) is 6.86. The monoisotopic (exact) mass is 262 g/mol. The minimum Gasteiger partial charge on any atom is -0.397 e. The molecule has 1 aromatic carbocycles. The van der Waals surface area contributed by atoms with Crippen molar-refractivity contribution < 1.29 is 9.90 Å². The lowest BCUT2D eigenvalue weighted by atomic mass is 9.87. The molecule has 19 heavy (non-hydrogen) atoms. The first-order chi connectivity index (χ1) is 9.08. The Morgan fingerprint density at radius 3 is 2.58 bits per heavy atom. The molecule has 1 aliphatic rings. The summed E-state index contributed by atoms with van der Waals surface area (Å²) in [6.07, 6.45) is 4.03. The molecular weight excluding hydrogens is 240 g/mol. The molecule has 1 aliphatic carbocycles. The molecule has 0 radical (unpaired) electrons. The van der Waals surface area contributed by atoms with Gasteiger partial charge < -0.3 is 15.7 Å². The number of benzene rings is 1. The fourth-order valence-electron chi connectivity index (χ4n) is 2.86. The molecule has 1 aromatic rings. The van der Waals surface area contributed by atoms with Gasteiger partial charge in [-0.2, -0.15) is 0 Å². The van der Waals surface area contributed by atoms with Crippen LogP contribution < -0.4 is 10.6 Å². The third kappa shape index (κ3) is 2.73. The van der Waals surface area contributed by atoms with E-state index >= 15 is 0 Å². The van der Waals surface area contributed by atoms with Gasteiger partial charge in [0.25, 0.3) is 0 Å². The quantitative estimate of drug-likeness (QED) is 0.817. The first-order valence-corrected chi connectivity index (χ1v) is 6.86. The summed E-state index contributed by atoms with van der Waals surface area (Å²) in [5.41, 5.74) is 6.93. The van der Waals surface area contributed by atoms with Crippen LogP contribution in [0.2, 0.25) is 0 Å². The molecule has 0 saturated heterocycles. The Bertz CT molecular complexity index is 453. The van der Waals surface area contributed by atoms with E-state index in [1.54, 1.807) is 11.0 Å². The fourth-order valence-corrected chi connectivity index (χ4v) is 2.86. The Labute approximate surface area is 114 Å². The lowest BCUT2D eigenvalue weighted by Gasteiger charge is -2.32. The number of anilines is 2. The number of amides is 1. The molecule has 0 spiro atoms. The highest BCUT2D eigenvalue weighted by molar-refractivity contribution is 5.99. The normalized spacial score (nSPS) is 17.4. The first kappa shape index (κ1) is 13.9. The van der Waals surface area contributed by atoms with Crippen LogP contribution in [0.1, 0.15) is 32.6 Å². The Morgan fingerprint density at radius 1 is 1.37 bits per heavy atom.